The molecule has 94 valence electrons. The summed E-state index contributed by atoms with van der Waals surface area (Å²) in [6.45, 7) is 1.15. The maximum atomic E-state index is 11.6. The van der Waals surface area contributed by atoms with Gasteiger partial charge < -0.3 is 10.1 Å². The van der Waals surface area contributed by atoms with Gasteiger partial charge >= 0.3 is 0 Å². The van der Waals surface area contributed by atoms with E-state index in [1.54, 1.807) is 7.11 Å². The van der Waals surface area contributed by atoms with Gasteiger partial charge in [-0.05, 0) is 17.7 Å². The molecule has 0 aliphatic rings. The van der Waals surface area contributed by atoms with Crippen molar-refractivity contribution in [1.29, 1.82) is 0 Å². The van der Waals surface area contributed by atoms with Crippen molar-refractivity contribution in [3.8, 4) is 0 Å². The molecule has 0 bridgehead atoms. The van der Waals surface area contributed by atoms with Gasteiger partial charge in [0.2, 0.25) is 5.91 Å². The predicted molar refractivity (Wildman–Crippen MR) is 75.4 cm³/mol. The molecular formula is C12H15Br2NO2. The molecule has 1 rings (SSSR count). The lowest BCUT2D eigenvalue weighted by Gasteiger charge is -2.10. The Kier molecular flexibility index (Phi) is 6.77. The van der Waals surface area contributed by atoms with Crippen LogP contribution in [0.1, 0.15) is 5.56 Å². The molecule has 1 unspecified atom stereocenters. The minimum Gasteiger partial charge on any atom is -0.383 e. The number of carbonyl (C=O) groups is 1. The van der Waals surface area contributed by atoms with Gasteiger partial charge in [0.25, 0.3) is 0 Å². The van der Waals surface area contributed by atoms with E-state index in [9.17, 15) is 4.79 Å². The van der Waals surface area contributed by atoms with Crippen molar-refractivity contribution >= 4 is 37.8 Å². The third-order valence-corrected chi connectivity index (χ3v) is 3.26. The average molecular weight is 365 g/mol. The number of nitrogens with one attached hydrogen (secondary N) is 1. The normalized spacial score (nSPS) is 12.2. The Labute approximate surface area is 118 Å². The molecule has 0 radical (unpaired) electrons. The van der Waals surface area contributed by atoms with Crippen molar-refractivity contribution in [2.75, 3.05) is 20.3 Å². The zero-order chi connectivity index (χ0) is 12.7. The van der Waals surface area contributed by atoms with Crippen molar-refractivity contribution in [1.82, 2.24) is 5.32 Å². The van der Waals surface area contributed by atoms with Crippen LogP contribution in [0.3, 0.4) is 0 Å². The van der Waals surface area contributed by atoms with E-state index in [0.29, 0.717) is 19.6 Å². The fraction of sp³-hybridized carbons (Fsp3) is 0.417. The number of hydrogen-bond acceptors (Lipinski definition) is 2. The summed E-state index contributed by atoms with van der Waals surface area (Å²) in [5.74, 6) is 0.0212. The highest BCUT2D eigenvalue weighted by Gasteiger charge is 2.07. The number of alkyl halides is 1. The molecule has 1 N–H and O–H groups in total. The molecule has 1 aromatic carbocycles. The largest absolute Gasteiger partial charge is 0.383 e. The molecule has 0 heterocycles. The highest BCUT2D eigenvalue weighted by atomic mass is 79.9. The first-order valence-electron chi connectivity index (χ1n) is 5.26. The van der Waals surface area contributed by atoms with E-state index < -0.39 is 0 Å². The molecule has 1 atom stereocenters. The van der Waals surface area contributed by atoms with Crippen LogP contribution in [0.15, 0.2) is 28.7 Å². The Hall–Kier alpha value is -0.390. The van der Waals surface area contributed by atoms with Crippen LogP contribution >= 0.6 is 31.9 Å². The summed E-state index contributed by atoms with van der Waals surface area (Å²) >= 11 is 6.77. The minimum absolute atomic E-state index is 0.0212. The first-order valence-corrected chi connectivity index (χ1v) is 6.97. The number of hydrogen-bond donors (Lipinski definition) is 1. The number of amides is 1. The van der Waals surface area contributed by atoms with Gasteiger partial charge in [0, 0.05) is 18.1 Å². The number of carbonyl (C=O) groups excluding carboxylic acids is 1. The Morgan fingerprint density at radius 1 is 1.41 bits per heavy atom. The smallest absolute Gasteiger partial charge is 0.224 e. The van der Waals surface area contributed by atoms with Gasteiger partial charge in [0.15, 0.2) is 0 Å². The van der Waals surface area contributed by atoms with Gasteiger partial charge in [0.1, 0.15) is 0 Å². The average Bonchev–Trinajstić information content (AvgIpc) is 2.30. The summed E-state index contributed by atoms with van der Waals surface area (Å²) in [6, 6.07) is 7.73. The van der Waals surface area contributed by atoms with Crippen LogP contribution in [0, 0.1) is 0 Å². The number of halogens is 2. The Balaban J connectivity index is 2.32. The van der Waals surface area contributed by atoms with Crippen molar-refractivity contribution in [3.05, 3.63) is 34.3 Å². The number of methoxy groups -OCH3 is 1. The maximum absolute atomic E-state index is 11.6. The lowest BCUT2D eigenvalue weighted by molar-refractivity contribution is -0.120. The van der Waals surface area contributed by atoms with Gasteiger partial charge in [-0.2, -0.15) is 0 Å². The van der Waals surface area contributed by atoms with E-state index in [2.05, 4.69) is 37.2 Å². The summed E-state index contributed by atoms with van der Waals surface area (Å²) < 4.78 is 5.98. The molecule has 0 aliphatic carbocycles. The highest BCUT2D eigenvalue weighted by molar-refractivity contribution is 9.10. The standard InChI is InChI=1S/C12H15Br2NO2/c1-17-8-11(14)7-15-12(16)6-9-2-4-10(13)5-3-9/h2-5,11H,6-8H2,1H3,(H,15,16). The lowest BCUT2D eigenvalue weighted by atomic mass is 10.1. The summed E-state index contributed by atoms with van der Waals surface area (Å²) in [4.78, 5) is 11.8. The lowest BCUT2D eigenvalue weighted by Crippen LogP contribution is -2.32. The molecule has 0 fully saturated rings. The molecule has 5 heteroatoms. The van der Waals surface area contributed by atoms with E-state index in [1.165, 1.54) is 0 Å². The fourth-order valence-electron chi connectivity index (χ4n) is 1.31. The highest BCUT2D eigenvalue weighted by Crippen LogP contribution is 2.10. The molecule has 1 amide bonds. The monoisotopic (exact) mass is 363 g/mol. The molecule has 0 aromatic heterocycles. The van der Waals surface area contributed by atoms with Gasteiger partial charge in [-0.1, -0.05) is 44.0 Å². The zero-order valence-electron chi connectivity index (χ0n) is 9.58. The second-order valence-electron chi connectivity index (χ2n) is 3.66. The second-order valence-corrected chi connectivity index (χ2v) is 5.87. The van der Waals surface area contributed by atoms with E-state index in [1.807, 2.05) is 24.3 Å². The first-order chi connectivity index (χ1) is 8.11. The molecule has 3 nitrogen and oxygen atoms in total. The Bertz CT molecular complexity index is 354. The van der Waals surface area contributed by atoms with E-state index >= 15 is 0 Å². The van der Waals surface area contributed by atoms with Crippen LogP contribution in [0.2, 0.25) is 0 Å². The minimum atomic E-state index is 0.0212. The summed E-state index contributed by atoms with van der Waals surface area (Å²) in [6.07, 6.45) is 0.403. The van der Waals surface area contributed by atoms with Crippen LogP contribution in [0.25, 0.3) is 0 Å². The maximum Gasteiger partial charge on any atom is 0.224 e. The molecule has 17 heavy (non-hydrogen) atoms. The Morgan fingerprint density at radius 3 is 2.65 bits per heavy atom. The van der Waals surface area contributed by atoms with Gasteiger partial charge in [0.05, 0.1) is 17.9 Å². The topological polar surface area (TPSA) is 38.3 Å². The first kappa shape index (κ1) is 14.7. The SMILES string of the molecule is COCC(Br)CNC(=O)Cc1ccc(Br)cc1. The molecular weight excluding hydrogens is 350 g/mol. The van der Waals surface area contributed by atoms with Crippen LogP contribution in [-0.2, 0) is 16.0 Å². The quantitative estimate of drug-likeness (QED) is 0.787. The van der Waals surface area contributed by atoms with E-state index in [0.717, 1.165) is 10.0 Å². The summed E-state index contributed by atoms with van der Waals surface area (Å²) in [7, 11) is 1.64. The molecule has 0 aliphatic heterocycles. The van der Waals surface area contributed by atoms with Gasteiger partial charge in [-0.15, -0.1) is 0 Å². The van der Waals surface area contributed by atoms with Gasteiger partial charge in [-0.25, -0.2) is 0 Å². The van der Waals surface area contributed by atoms with E-state index in [-0.39, 0.29) is 10.7 Å². The van der Waals surface area contributed by atoms with E-state index in [4.69, 9.17) is 4.74 Å². The fourth-order valence-corrected chi connectivity index (χ4v) is 2.01. The number of rotatable bonds is 6. The zero-order valence-corrected chi connectivity index (χ0v) is 12.8. The molecule has 0 saturated heterocycles. The third-order valence-electron chi connectivity index (χ3n) is 2.15. The molecule has 1 aromatic rings. The van der Waals surface area contributed by atoms with Gasteiger partial charge in [-0.3, -0.25) is 4.79 Å². The number of ether oxygens (including phenoxy) is 1. The predicted octanol–water partition coefficient (Wildman–Crippen LogP) is 2.52. The third kappa shape index (κ3) is 6.19. The van der Waals surface area contributed by atoms with Crippen LogP contribution in [0.5, 0.6) is 0 Å². The van der Waals surface area contributed by atoms with Crippen molar-refractivity contribution in [2.45, 2.75) is 11.2 Å². The summed E-state index contributed by atoms with van der Waals surface area (Å²) in [5.41, 5.74) is 1.00. The Morgan fingerprint density at radius 2 is 2.06 bits per heavy atom. The van der Waals surface area contributed by atoms with Crippen molar-refractivity contribution < 1.29 is 9.53 Å². The molecule has 0 saturated carbocycles. The second kappa shape index (κ2) is 7.84. The van der Waals surface area contributed by atoms with Crippen molar-refractivity contribution in [3.63, 3.8) is 0 Å². The molecule has 0 spiro atoms. The van der Waals surface area contributed by atoms with Crippen molar-refractivity contribution in [2.24, 2.45) is 0 Å². The van der Waals surface area contributed by atoms with Crippen LogP contribution < -0.4 is 5.32 Å². The van der Waals surface area contributed by atoms with Crippen LogP contribution in [-0.4, -0.2) is 31.0 Å². The summed E-state index contributed by atoms with van der Waals surface area (Å²) in [5, 5.41) is 2.85. The van der Waals surface area contributed by atoms with Crippen LogP contribution in [0.4, 0.5) is 0 Å². The number of benzene rings is 1.